The van der Waals surface area contributed by atoms with E-state index in [1.807, 2.05) is 13.1 Å². The van der Waals surface area contributed by atoms with Crippen LogP contribution in [0, 0.1) is 0 Å². The van der Waals surface area contributed by atoms with Crippen LogP contribution in [0.3, 0.4) is 0 Å². The number of ether oxygens (including phenoxy) is 1. The average molecular weight is 269 g/mol. The summed E-state index contributed by atoms with van der Waals surface area (Å²) in [6.45, 7) is 3.02. The van der Waals surface area contributed by atoms with Gasteiger partial charge in [0.2, 0.25) is 0 Å². The molecule has 2 heteroatoms. The Kier molecular flexibility index (Phi) is 5.63. The van der Waals surface area contributed by atoms with Crippen LogP contribution >= 0.6 is 0 Å². The molecular weight excluding hydrogens is 246 g/mol. The minimum absolute atomic E-state index is 0.236. The van der Waals surface area contributed by atoms with Crippen LogP contribution in [-0.2, 0) is 6.42 Å². The first-order valence-corrected chi connectivity index (χ1v) is 7.26. The highest BCUT2D eigenvalue weighted by molar-refractivity contribution is 5.31. The number of nitrogens with one attached hydrogen (secondary N) is 1. The van der Waals surface area contributed by atoms with Gasteiger partial charge in [-0.05, 0) is 43.1 Å². The lowest BCUT2D eigenvalue weighted by Crippen LogP contribution is -2.28. The number of rotatable bonds is 7. The summed E-state index contributed by atoms with van der Waals surface area (Å²) in [5, 5.41) is 3.16. The quantitative estimate of drug-likeness (QED) is 0.828. The van der Waals surface area contributed by atoms with Gasteiger partial charge in [0.1, 0.15) is 11.9 Å². The Bertz CT molecular complexity index is 493. The monoisotopic (exact) mass is 269 g/mol. The molecule has 0 bridgehead atoms. The van der Waals surface area contributed by atoms with Gasteiger partial charge in [-0.25, -0.2) is 0 Å². The Morgan fingerprint density at radius 3 is 2.20 bits per heavy atom. The van der Waals surface area contributed by atoms with Gasteiger partial charge in [0.05, 0.1) is 0 Å². The molecule has 0 amide bonds. The molecule has 0 aromatic heterocycles. The van der Waals surface area contributed by atoms with Gasteiger partial charge in [0, 0.05) is 6.54 Å². The molecule has 0 saturated carbocycles. The van der Waals surface area contributed by atoms with E-state index in [4.69, 9.17) is 4.74 Å². The van der Waals surface area contributed by atoms with Crippen molar-refractivity contribution >= 4 is 0 Å². The minimum Gasteiger partial charge on any atom is -0.489 e. The molecule has 0 spiro atoms. The summed E-state index contributed by atoms with van der Waals surface area (Å²) in [5.41, 5.74) is 2.65. The molecular formula is C18H23NO. The molecule has 0 aliphatic carbocycles. The van der Waals surface area contributed by atoms with Crippen LogP contribution < -0.4 is 10.1 Å². The van der Waals surface area contributed by atoms with Crippen LogP contribution in [0.2, 0.25) is 0 Å². The van der Waals surface area contributed by atoms with Crippen LogP contribution in [0.15, 0.2) is 54.6 Å². The van der Waals surface area contributed by atoms with Gasteiger partial charge in [-0.3, -0.25) is 0 Å². The van der Waals surface area contributed by atoms with E-state index in [0.717, 1.165) is 25.1 Å². The van der Waals surface area contributed by atoms with Crippen molar-refractivity contribution in [3.05, 3.63) is 65.7 Å². The summed E-state index contributed by atoms with van der Waals surface area (Å²) in [6.07, 6.45) is 2.21. The van der Waals surface area contributed by atoms with E-state index >= 15 is 0 Å². The Balaban J connectivity index is 1.96. The lowest BCUT2D eigenvalue weighted by Gasteiger charge is -2.17. The molecule has 2 nitrogen and oxygen atoms in total. The van der Waals surface area contributed by atoms with Crippen molar-refractivity contribution in [2.75, 3.05) is 13.6 Å². The highest BCUT2D eigenvalue weighted by Gasteiger charge is 2.06. The fourth-order valence-corrected chi connectivity index (χ4v) is 2.21. The standard InChI is InChI=1S/C18H23NO/c1-3-17(14-19-2)20-18-11-9-16(10-12-18)13-15-7-5-4-6-8-15/h4-12,17,19H,3,13-14H2,1-2H3. The average Bonchev–Trinajstić information content (AvgIpc) is 2.50. The Labute approximate surface area is 121 Å². The molecule has 2 aromatic rings. The van der Waals surface area contributed by atoms with Crippen LogP contribution in [0.25, 0.3) is 0 Å². The third-order valence-electron chi connectivity index (χ3n) is 3.36. The fourth-order valence-electron chi connectivity index (χ4n) is 2.21. The Hall–Kier alpha value is -1.80. The second-order valence-corrected chi connectivity index (χ2v) is 5.01. The number of likely N-dealkylation sites (N-methyl/N-ethyl adjacent to an activating group) is 1. The third-order valence-corrected chi connectivity index (χ3v) is 3.36. The predicted octanol–water partition coefficient (Wildman–Crippen LogP) is 3.65. The zero-order chi connectivity index (χ0) is 14.2. The molecule has 1 unspecified atom stereocenters. The smallest absolute Gasteiger partial charge is 0.119 e. The summed E-state index contributed by atoms with van der Waals surface area (Å²) >= 11 is 0. The van der Waals surface area contributed by atoms with E-state index in [1.54, 1.807) is 0 Å². The van der Waals surface area contributed by atoms with E-state index < -0.39 is 0 Å². The molecule has 0 saturated heterocycles. The summed E-state index contributed by atoms with van der Waals surface area (Å²) in [5.74, 6) is 0.948. The summed E-state index contributed by atoms with van der Waals surface area (Å²) in [4.78, 5) is 0. The van der Waals surface area contributed by atoms with E-state index in [-0.39, 0.29) is 6.10 Å². The maximum atomic E-state index is 5.95. The predicted molar refractivity (Wildman–Crippen MR) is 84.3 cm³/mol. The summed E-state index contributed by atoms with van der Waals surface area (Å²) in [7, 11) is 1.95. The van der Waals surface area contributed by atoms with Crippen molar-refractivity contribution in [1.29, 1.82) is 0 Å². The van der Waals surface area contributed by atoms with E-state index in [0.29, 0.717) is 0 Å². The van der Waals surface area contributed by atoms with E-state index in [1.165, 1.54) is 11.1 Å². The van der Waals surface area contributed by atoms with E-state index in [9.17, 15) is 0 Å². The first-order chi connectivity index (χ1) is 9.81. The number of benzene rings is 2. The van der Waals surface area contributed by atoms with Crippen LogP contribution in [0.4, 0.5) is 0 Å². The highest BCUT2D eigenvalue weighted by atomic mass is 16.5. The fraction of sp³-hybridized carbons (Fsp3) is 0.333. The minimum atomic E-state index is 0.236. The van der Waals surface area contributed by atoms with Crippen LogP contribution in [0.1, 0.15) is 24.5 Å². The topological polar surface area (TPSA) is 21.3 Å². The van der Waals surface area contributed by atoms with E-state index in [2.05, 4.69) is 60.8 Å². The van der Waals surface area contributed by atoms with Crippen molar-refractivity contribution in [3.63, 3.8) is 0 Å². The Morgan fingerprint density at radius 1 is 0.950 bits per heavy atom. The summed E-state index contributed by atoms with van der Waals surface area (Å²) < 4.78 is 5.95. The lowest BCUT2D eigenvalue weighted by atomic mass is 10.1. The zero-order valence-electron chi connectivity index (χ0n) is 12.3. The zero-order valence-corrected chi connectivity index (χ0v) is 12.3. The molecule has 0 heterocycles. The van der Waals surface area contributed by atoms with Gasteiger partial charge in [-0.15, -0.1) is 0 Å². The lowest BCUT2D eigenvalue weighted by molar-refractivity contribution is 0.196. The second kappa shape index (κ2) is 7.71. The molecule has 106 valence electrons. The van der Waals surface area contributed by atoms with Crippen molar-refractivity contribution in [2.45, 2.75) is 25.9 Å². The number of hydrogen-bond acceptors (Lipinski definition) is 2. The highest BCUT2D eigenvalue weighted by Crippen LogP contribution is 2.17. The molecule has 0 fully saturated rings. The van der Waals surface area contributed by atoms with Crippen molar-refractivity contribution in [3.8, 4) is 5.75 Å². The molecule has 1 atom stereocenters. The maximum Gasteiger partial charge on any atom is 0.119 e. The Morgan fingerprint density at radius 2 is 1.60 bits per heavy atom. The number of hydrogen-bond donors (Lipinski definition) is 1. The second-order valence-electron chi connectivity index (χ2n) is 5.01. The molecule has 20 heavy (non-hydrogen) atoms. The van der Waals surface area contributed by atoms with Crippen LogP contribution in [-0.4, -0.2) is 19.7 Å². The molecule has 0 aliphatic heterocycles. The first-order valence-electron chi connectivity index (χ1n) is 7.26. The van der Waals surface area contributed by atoms with Gasteiger partial charge >= 0.3 is 0 Å². The molecule has 0 aliphatic rings. The van der Waals surface area contributed by atoms with Crippen molar-refractivity contribution < 1.29 is 4.74 Å². The summed E-state index contributed by atoms with van der Waals surface area (Å²) in [6, 6.07) is 18.9. The van der Waals surface area contributed by atoms with Gasteiger partial charge in [-0.2, -0.15) is 0 Å². The van der Waals surface area contributed by atoms with Gasteiger partial charge in [0.25, 0.3) is 0 Å². The molecule has 2 aromatic carbocycles. The van der Waals surface area contributed by atoms with Gasteiger partial charge in [-0.1, -0.05) is 49.4 Å². The largest absolute Gasteiger partial charge is 0.489 e. The van der Waals surface area contributed by atoms with Crippen molar-refractivity contribution in [2.24, 2.45) is 0 Å². The molecule has 1 N–H and O–H groups in total. The third kappa shape index (κ3) is 4.39. The normalized spacial score (nSPS) is 12.1. The van der Waals surface area contributed by atoms with Crippen LogP contribution in [0.5, 0.6) is 5.75 Å². The SMILES string of the molecule is CCC(CNC)Oc1ccc(Cc2ccccc2)cc1. The van der Waals surface area contributed by atoms with Gasteiger partial charge < -0.3 is 10.1 Å². The first kappa shape index (κ1) is 14.6. The molecule has 2 rings (SSSR count). The van der Waals surface area contributed by atoms with Gasteiger partial charge in [0.15, 0.2) is 0 Å². The maximum absolute atomic E-state index is 5.95. The molecule has 0 radical (unpaired) electrons. The van der Waals surface area contributed by atoms with Crippen molar-refractivity contribution in [1.82, 2.24) is 5.32 Å².